The Labute approximate surface area is 149 Å². The Morgan fingerprint density at radius 1 is 1.12 bits per heavy atom. The van der Waals surface area contributed by atoms with Crippen LogP contribution in [0.25, 0.3) is 0 Å². The van der Waals surface area contributed by atoms with E-state index in [4.69, 9.17) is 5.11 Å². The number of aliphatic carboxylic acids is 1. The number of allylic oxidation sites excluding steroid dienone is 2. The van der Waals surface area contributed by atoms with Crippen molar-refractivity contribution in [3.8, 4) is 0 Å². The maximum Gasteiger partial charge on any atom is 0.303 e. The Kier molecular flexibility index (Phi) is 3.75. The van der Waals surface area contributed by atoms with E-state index in [1.807, 2.05) is 6.08 Å². The molecule has 0 aromatic heterocycles. The van der Waals surface area contributed by atoms with Crippen molar-refractivity contribution >= 4 is 17.5 Å². The minimum Gasteiger partial charge on any atom is -0.481 e. The van der Waals surface area contributed by atoms with Gasteiger partial charge in [0, 0.05) is 24.2 Å². The van der Waals surface area contributed by atoms with Crippen LogP contribution in [0.4, 0.5) is 0 Å². The zero-order chi connectivity index (χ0) is 18.0. The number of carboxylic acid groups (broad SMARTS) is 1. The summed E-state index contributed by atoms with van der Waals surface area (Å²) in [6.07, 6.45) is 8.06. The molecule has 0 spiro atoms. The predicted octanol–water partition coefficient (Wildman–Crippen LogP) is 3.79. The minimum atomic E-state index is -0.743. The molecule has 0 bridgehead atoms. The first-order valence-electron chi connectivity index (χ1n) is 9.76. The third-order valence-corrected chi connectivity index (χ3v) is 8.22. The van der Waals surface area contributed by atoms with Gasteiger partial charge >= 0.3 is 5.97 Å². The van der Waals surface area contributed by atoms with Crippen molar-refractivity contribution in [3.63, 3.8) is 0 Å². The lowest BCUT2D eigenvalue weighted by molar-refractivity contribution is -0.139. The third kappa shape index (κ3) is 2.36. The molecule has 0 saturated heterocycles. The SMILES string of the molecule is C[C@]12CC[C@H](CC(=O)O)CC1=CC(=O)[C@@H]1[C@@H]2CC[C@]2(C)C(=O)CC[C@@H]12. The number of carbonyl (C=O) groups is 3. The molecule has 0 amide bonds. The number of hydrogen-bond acceptors (Lipinski definition) is 3. The Bertz CT molecular complexity index is 677. The summed E-state index contributed by atoms with van der Waals surface area (Å²) in [6, 6.07) is 0. The van der Waals surface area contributed by atoms with E-state index in [1.54, 1.807) is 0 Å². The Balaban J connectivity index is 1.67. The highest BCUT2D eigenvalue weighted by Gasteiger charge is 2.60. The van der Waals surface area contributed by atoms with Gasteiger partial charge in [-0.3, -0.25) is 14.4 Å². The molecule has 3 fully saturated rings. The van der Waals surface area contributed by atoms with Crippen LogP contribution in [-0.2, 0) is 14.4 Å². The van der Waals surface area contributed by atoms with Crippen LogP contribution in [0, 0.1) is 34.5 Å². The van der Waals surface area contributed by atoms with Crippen LogP contribution >= 0.6 is 0 Å². The molecule has 0 unspecified atom stereocenters. The Hall–Kier alpha value is -1.45. The normalized spacial score (nSPS) is 46.1. The van der Waals surface area contributed by atoms with E-state index in [1.165, 1.54) is 5.57 Å². The molecule has 0 heterocycles. The monoisotopic (exact) mass is 344 g/mol. The third-order valence-electron chi connectivity index (χ3n) is 8.22. The van der Waals surface area contributed by atoms with E-state index >= 15 is 0 Å². The van der Waals surface area contributed by atoms with Crippen molar-refractivity contribution in [3.05, 3.63) is 11.6 Å². The van der Waals surface area contributed by atoms with Crippen molar-refractivity contribution in [2.75, 3.05) is 0 Å². The highest BCUT2D eigenvalue weighted by Crippen LogP contribution is 2.63. The number of fused-ring (bicyclic) bond motifs is 5. The second-order valence-corrected chi connectivity index (χ2v) is 9.35. The molecular weight excluding hydrogens is 316 g/mol. The van der Waals surface area contributed by atoms with Crippen molar-refractivity contribution in [1.82, 2.24) is 0 Å². The van der Waals surface area contributed by atoms with Gasteiger partial charge < -0.3 is 5.11 Å². The molecular formula is C21H28O4. The fraction of sp³-hybridized carbons (Fsp3) is 0.762. The molecule has 3 saturated carbocycles. The van der Waals surface area contributed by atoms with E-state index in [0.29, 0.717) is 18.1 Å². The zero-order valence-electron chi connectivity index (χ0n) is 15.2. The zero-order valence-corrected chi connectivity index (χ0v) is 15.2. The average molecular weight is 344 g/mol. The summed E-state index contributed by atoms with van der Waals surface area (Å²) in [5, 5.41) is 9.10. The fourth-order valence-corrected chi connectivity index (χ4v) is 6.67. The molecule has 0 aliphatic heterocycles. The first-order valence-corrected chi connectivity index (χ1v) is 9.76. The van der Waals surface area contributed by atoms with E-state index < -0.39 is 5.97 Å². The van der Waals surface area contributed by atoms with Crippen LogP contribution in [0.15, 0.2) is 11.6 Å². The highest BCUT2D eigenvalue weighted by molar-refractivity contribution is 5.96. The van der Waals surface area contributed by atoms with Crippen LogP contribution in [0.1, 0.15) is 65.2 Å². The summed E-state index contributed by atoms with van der Waals surface area (Å²) in [7, 11) is 0. The highest BCUT2D eigenvalue weighted by atomic mass is 16.4. The topological polar surface area (TPSA) is 71.4 Å². The summed E-state index contributed by atoms with van der Waals surface area (Å²) >= 11 is 0. The number of hydrogen-bond donors (Lipinski definition) is 1. The second-order valence-electron chi connectivity index (χ2n) is 9.35. The molecule has 25 heavy (non-hydrogen) atoms. The molecule has 0 aromatic rings. The quantitative estimate of drug-likeness (QED) is 0.827. The summed E-state index contributed by atoms with van der Waals surface area (Å²) in [4.78, 5) is 36.6. The summed E-state index contributed by atoms with van der Waals surface area (Å²) in [6.45, 7) is 4.38. The van der Waals surface area contributed by atoms with E-state index in [2.05, 4.69) is 13.8 Å². The molecule has 4 aliphatic rings. The van der Waals surface area contributed by atoms with Gasteiger partial charge in [-0.2, -0.15) is 0 Å². The first kappa shape index (κ1) is 17.0. The number of rotatable bonds is 2. The van der Waals surface area contributed by atoms with Gasteiger partial charge in [0.2, 0.25) is 0 Å². The molecule has 4 aliphatic carbocycles. The van der Waals surface area contributed by atoms with Gasteiger partial charge in [0.05, 0.1) is 0 Å². The molecule has 136 valence electrons. The van der Waals surface area contributed by atoms with Crippen LogP contribution in [0.3, 0.4) is 0 Å². The van der Waals surface area contributed by atoms with Crippen LogP contribution in [0.5, 0.6) is 0 Å². The maximum absolute atomic E-state index is 13.0. The number of Topliss-reactive ketones (excluding diaryl/α,β-unsaturated/α-hetero) is 1. The van der Waals surface area contributed by atoms with Crippen molar-refractivity contribution in [1.29, 1.82) is 0 Å². The van der Waals surface area contributed by atoms with Crippen LogP contribution in [-0.4, -0.2) is 22.6 Å². The average Bonchev–Trinajstić information content (AvgIpc) is 2.84. The van der Waals surface area contributed by atoms with Gasteiger partial charge in [-0.25, -0.2) is 0 Å². The summed E-state index contributed by atoms with van der Waals surface area (Å²) < 4.78 is 0. The Morgan fingerprint density at radius 2 is 1.80 bits per heavy atom. The van der Waals surface area contributed by atoms with Crippen LogP contribution < -0.4 is 0 Å². The first-order chi connectivity index (χ1) is 11.8. The number of ketones is 2. The molecule has 0 aromatic carbocycles. The maximum atomic E-state index is 13.0. The van der Waals surface area contributed by atoms with Gasteiger partial charge in [0.25, 0.3) is 0 Å². The smallest absolute Gasteiger partial charge is 0.303 e. The number of carbonyl (C=O) groups excluding carboxylic acids is 2. The fourth-order valence-electron chi connectivity index (χ4n) is 6.67. The molecule has 0 radical (unpaired) electrons. The van der Waals surface area contributed by atoms with Crippen molar-refractivity contribution in [2.24, 2.45) is 34.5 Å². The lowest BCUT2D eigenvalue weighted by atomic mass is 9.47. The standard InChI is InChI=1S/C21H28O4/c1-20-7-5-12(10-18(24)25)9-13(20)11-16(22)19-14-3-4-17(23)21(14,2)8-6-15(19)20/h11-12,14-15,19H,3-10H2,1-2H3,(H,24,25)/t12-,14-,15-,19-,20-,21-/m0/s1. The van der Waals surface area contributed by atoms with Crippen LogP contribution in [0.2, 0.25) is 0 Å². The van der Waals surface area contributed by atoms with Crippen molar-refractivity contribution < 1.29 is 19.5 Å². The van der Waals surface area contributed by atoms with Gasteiger partial charge in [0.1, 0.15) is 5.78 Å². The molecule has 6 atom stereocenters. The molecule has 4 rings (SSSR count). The van der Waals surface area contributed by atoms with Crippen molar-refractivity contribution in [2.45, 2.75) is 65.2 Å². The summed E-state index contributed by atoms with van der Waals surface area (Å²) in [5.74, 6) is 0.505. The van der Waals surface area contributed by atoms with E-state index in [-0.39, 0.29) is 40.8 Å². The molecule has 4 nitrogen and oxygen atoms in total. The lowest BCUT2D eigenvalue weighted by Gasteiger charge is -2.56. The predicted molar refractivity (Wildman–Crippen MR) is 92.8 cm³/mol. The van der Waals surface area contributed by atoms with E-state index in [0.717, 1.165) is 38.5 Å². The summed E-state index contributed by atoms with van der Waals surface area (Å²) in [5.41, 5.74) is 0.906. The van der Waals surface area contributed by atoms with Gasteiger partial charge in [-0.05, 0) is 67.8 Å². The van der Waals surface area contributed by atoms with Gasteiger partial charge in [-0.1, -0.05) is 19.4 Å². The minimum absolute atomic E-state index is 0.00465. The van der Waals surface area contributed by atoms with Gasteiger partial charge in [0.15, 0.2) is 5.78 Å². The molecule has 1 N–H and O–H groups in total. The number of carboxylic acids is 1. The largest absolute Gasteiger partial charge is 0.481 e. The second kappa shape index (κ2) is 5.52. The van der Waals surface area contributed by atoms with Gasteiger partial charge in [-0.15, -0.1) is 0 Å². The Morgan fingerprint density at radius 3 is 2.52 bits per heavy atom. The van der Waals surface area contributed by atoms with E-state index in [9.17, 15) is 14.4 Å². The molecule has 4 heteroatoms. The lowest BCUT2D eigenvalue weighted by Crippen LogP contribution is -2.53.